The quantitative estimate of drug-likeness (QED) is 0.529. The maximum Gasteiger partial charge on any atom is 0.306 e. The Kier molecular flexibility index (Phi) is 3.31. The molecule has 0 unspecified atom stereocenters. The molecule has 0 aliphatic rings. The molecule has 1 aromatic carbocycles. The summed E-state index contributed by atoms with van der Waals surface area (Å²) in [6.07, 6.45) is -6.71. The molecule has 0 aliphatic carbocycles. The van der Waals surface area contributed by atoms with Crippen molar-refractivity contribution in [3.05, 3.63) is 32.6 Å². The summed E-state index contributed by atoms with van der Waals surface area (Å²) in [5.74, 6) is 0. The smallest absolute Gasteiger partial charge is 0.306 e. The summed E-state index contributed by atoms with van der Waals surface area (Å²) < 4.78 is 51.2. The second-order valence-corrected chi connectivity index (χ2v) is 3.87. The highest BCUT2D eigenvalue weighted by Gasteiger charge is 2.33. The van der Waals surface area contributed by atoms with Crippen molar-refractivity contribution in [1.82, 2.24) is 9.97 Å². The van der Waals surface area contributed by atoms with Crippen LogP contribution in [0.4, 0.5) is 23.2 Å². The number of alkyl halides is 4. The monoisotopic (exact) mass is 297 g/mol. The molecule has 0 amide bonds. The van der Waals surface area contributed by atoms with E-state index in [1.165, 1.54) is 0 Å². The fourth-order valence-corrected chi connectivity index (χ4v) is 1.92. The van der Waals surface area contributed by atoms with Gasteiger partial charge in [-0.15, -0.1) is 0 Å². The minimum absolute atomic E-state index is 0.198. The Morgan fingerprint density at radius 2 is 1.95 bits per heavy atom. The third-order valence-electron chi connectivity index (χ3n) is 2.43. The van der Waals surface area contributed by atoms with Gasteiger partial charge in [0.05, 0.1) is 10.4 Å². The maximum atomic E-state index is 12.8. The van der Waals surface area contributed by atoms with Crippen molar-refractivity contribution in [2.45, 2.75) is 12.9 Å². The number of fused-ring (bicyclic) bond motifs is 1. The van der Waals surface area contributed by atoms with E-state index < -0.39 is 40.1 Å². The Labute approximate surface area is 107 Å². The fourth-order valence-electron chi connectivity index (χ4n) is 1.73. The molecular weight excluding hydrogens is 294 g/mol. The number of nitrogens with zero attached hydrogens (tertiary/aromatic N) is 2. The normalized spacial score (nSPS) is 11.7. The van der Waals surface area contributed by atoms with E-state index in [4.69, 9.17) is 11.6 Å². The van der Waals surface area contributed by atoms with E-state index in [9.17, 15) is 27.7 Å². The van der Waals surface area contributed by atoms with Crippen molar-refractivity contribution < 1.29 is 22.5 Å². The first-order chi connectivity index (χ1) is 8.82. The fraction of sp³-hybridized carbons (Fsp3) is 0.222. The highest BCUT2D eigenvalue weighted by molar-refractivity contribution is 6.29. The van der Waals surface area contributed by atoms with Gasteiger partial charge < -0.3 is 4.98 Å². The Hall–Kier alpha value is -1.90. The summed E-state index contributed by atoms with van der Waals surface area (Å²) in [7, 11) is 0. The predicted molar refractivity (Wildman–Crippen MR) is 57.7 cm³/mol. The predicted octanol–water partition coefficient (Wildman–Crippen LogP) is 4.00. The van der Waals surface area contributed by atoms with E-state index in [0.29, 0.717) is 6.07 Å². The number of H-pyrrole nitrogens is 1. The Bertz CT molecular complexity index is 658. The Morgan fingerprint density at radius 3 is 2.42 bits per heavy atom. The summed E-state index contributed by atoms with van der Waals surface area (Å²) in [6, 6.07) is 0.688. The number of imidazole rings is 1. The lowest BCUT2D eigenvalue weighted by Crippen LogP contribution is -2.03. The summed E-state index contributed by atoms with van der Waals surface area (Å²) in [5, 5.41) is 10.5. The third-order valence-corrected chi connectivity index (χ3v) is 2.61. The van der Waals surface area contributed by atoms with Gasteiger partial charge in [0.25, 0.3) is 12.9 Å². The average Bonchev–Trinajstić information content (AvgIpc) is 2.65. The molecule has 0 fully saturated rings. The SMILES string of the molecule is O=[N+]([O-])c1c(C(F)F)c(C(F)F)cc2[nH]c(Cl)nc12. The number of nitro groups is 1. The van der Waals surface area contributed by atoms with Gasteiger partial charge in [0.2, 0.25) is 5.28 Å². The molecule has 2 aromatic rings. The molecule has 5 nitrogen and oxygen atoms in total. The van der Waals surface area contributed by atoms with Crippen molar-refractivity contribution in [2.24, 2.45) is 0 Å². The molecule has 0 bridgehead atoms. The van der Waals surface area contributed by atoms with Crippen LogP contribution in [0.3, 0.4) is 0 Å². The topological polar surface area (TPSA) is 71.8 Å². The lowest BCUT2D eigenvalue weighted by Gasteiger charge is -2.09. The van der Waals surface area contributed by atoms with Gasteiger partial charge in [0, 0.05) is 5.56 Å². The van der Waals surface area contributed by atoms with E-state index in [2.05, 4.69) is 9.97 Å². The van der Waals surface area contributed by atoms with Crippen molar-refractivity contribution in [3.8, 4) is 0 Å². The molecule has 0 saturated carbocycles. The molecular formula is C9H4ClF4N3O2. The first kappa shape index (κ1) is 13.5. The molecule has 1 N–H and O–H groups in total. The molecule has 19 heavy (non-hydrogen) atoms. The highest BCUT2D eigenvalue weighted by atomic mass is 35.5. The van der Waals surface area contributed by atoms with Gasteiger partial charge in [0.15, 0.2) is 5.52 Å². The van der Waals surface area contributed by atoms with Gasteiger partial charge in [-0.3, -0.25) is 10.1 Å². The van der Waals surface area contributed by atoms with Crippen LogP contribution in [0.15, 0.2) is 6.07 Å². The van der Waals surface area contributed by atoms with E-state index in [1.807, 2.05) is 0 Å². The first-order valence-electron chi connectivity index (χ1n) is 4.75. The van der Waals surface area contributed by atoms with Crippen LogP contribution in [-0.2, 0) is 0 Å². The van der Waals surface area contributed by atoms with Gasteiger partial charge in [-0.2, -0.15) is 0 Å². The largest absolute Gasteiger partial charge is 0.328 e. The molecule has 0 aliphatic heterocycles. The number of aromatic amines is 1. The van der Waals surface area contributed by atoms with Crippen LogP contribution in [0.5, 0.6) is 0 Å². The number of aromatic nitrogens is 2. The van der Waals surface area contributed by atoms with Crippen LogP contribution < -0.4 is 0 Å². The maximum absolute atomic E-state index is 12.8. The number of halogens is 5. The van der Waals surface area contributed by atoms with Crippen LogP contribution in [0.25, 0.3) is 11.0 Å². The van der Waals surface area contributed by atoms with E-state index in [-0.39, 0.29) is 10.8 Å². The van der Waals surface area contributed by atoms with Gasteiger partial charge >= 0.3 is 5.69 Å². The Morgan fingerprint density at radius 1 is 1.32 bits per heavy atom. The highest BCUT2D eigenvalue weighted by Crippen LogP contribution is 2.41. The average molecular weight is 298 g/mol. The first-order valence-corrected chi connectivity index (χ1v) is 5.13. The van der Waals surface area contributed by atoms with Crippen LogP contribution in [0, 0.1) is 10.1 Å². The molecule has 0 saturated heterocycles. The van der Waals surface area contributed by atoms with Gasteiger partial charge in [-0.25, -0.2) is 22.5 Å². The van der Waals surface area contributed by atoms with Crippen molar-refractivity contribution >= 4 is 28.3 Å². The van der Waals surface area contributed by atoms with E-state index in [0.717, 1.165) is 0 Å². The van der Waals surface area contributed by atoms with Crippen LogP contribution >= 0.6 is 11.6 Å². The summed E-state index contributed by atoms with van der Waals surface area (Å²) >= 11 is 5.46. The van der Waals surface area contributed by atoms with Crippen molar-refractivity contribution in [3.63, 3.8) is 0 Å². The van der Waals surface area contributed by atoms with Gasteiger partial charge in [0.1, 0.15) is 5.56 Å². The number of nitro benzene ring substituents is 1. The number of hydrogen-bond acceptors (Lipinski definition) is 3. The van der Waals surface area contributed by atoms with Gasteiger partial charge in [-0.05, 0) is 17.7 Å². The zero-order valence-electron chi connectivity index (χ0n) is 8.83. The van der Waals surface area contributed by atoms with Crippen LogP contribution in [0.2, 0.25) is 5.28 Å². The second-order valence-electron chi connectivity index (χ2n) is 3.51. The molecule has 1 aromatic heterocycles. The van der Waals surface area contributed by atoms with E-state index in [1.54, 1.807) is 0 Å². The standard InChI is InChI=1S/C9H4ClF4N3O2/c10-9-15-3-1-2(7(11)12)4(8(13)14)6(17(18)19)5(3)16-9/h1,7-8H,(H,15,16). The molecule has 0 atom stereocenters. The Balaban J connectivity index is 2.95. The minimum atomic E-state index is -3.43. The van der Waals surface area contributed by atoms with Crippen molar-refractivity contribution in [2.75, 3.05) is 0 Å². The lowest BCUT2D eigenvalue weighted by atomic mass is 10.0. The number of rotatable bonds is 3. The summed E-state index contributed by atoms with van der Waals surface area (Å²) in [4.78, 5) is 15.4. The minimum Gasteiger partial charge on any atom is -0.328 e. The lowest BCUT2D eigenvalue weighted by molar-refractivity contribution is -0.384. The van der Waals surface area contributed by atoms with Crippen molar-refractivity contribution in [1.29, 1.82) is 0 Å². The zero-order chi connectivity index (χ0) is 14.3. The molecule has 1 heterocycles. The third kappa shape index (κ3) is 2.21. The molecule has 2 rings (SSSR count). The van der Waals surface area contributed by atoms with Gasteiger partial charge in [-0.1, -0.05) is 0 Å². The number of benzene rings is 1. The number of hydrogen-bond donors (Lipinski definition) is 1. The van der Waals surface area contributed by atoms with Crippen LogP contribution in [-0.4, -0.2) is 14.9 Å². The summed E-state index contributed by atoms with van der Waals surface area (Å²) in [5.41, 5.74) is -4.29. The number of nitrogens with one attached hydrogen (secondary N) is 1. The molecule has 10 heteroatoms. The summed E-state index contributed by atoms with van der Waals surface area (Å²) in [6.45, 7) is 0. The molecule has 0 radical (unpaired) electrons. The molecule has 102 valence electrons. The molecule has 0 spiro atoms. The second kappa shape index (κ2) is 4.65. The van der Waals surface area contributed by atoms with E-state index >= 15 is 0 Å². The zero-order valence-corrected chi connectivity index (χ0v) is 9.59. The van der Waals surface area contributed by atoms with Crippen LogP contribution in [0.1, 0.15) is 24.0 Å².